The van der Waals surface area contributed by atoms with Crippen LogP contribution >= 0.6 is 0 Å². The number of benzene rings is 2. The maximum atomic E-state index is 13.0. The van der Waals surface area contributed by atoms with Crippen LogP contribution < -0.4 is 11.1 Å². The first-order valence-corrected chi connectivity index (χ1v) is 10.5. The molecule has 1 amide bonds. The molecule has 152 valence electrons. The van der Waals surface area contributed by atoms with Crippen LogP contribution in [-0.4, -0.2) is 38.8 Å². The monoisotopic (exact) mass is 403 g/mol. The van der Waals surface area contributed by atoms with Gasteiger partial charge in [0.15, 0.2) is 0 Å². The molecule has 2 aromatic rings. The molecule has 2 atom stereocenters. The van der Waals surface area contributed by atoms with Crippen molar-refractivity contribution in [3.8, 4) is 0 Å². The second-order valence-corrected chi connectivity index (χ2v) is 8.71. The molecule has 1 unspecified atom stereocenters. The molecule has 4 N–H and O–H groups in total. The molecule has 0 aromatic heterocycles. The number of amides is 1. The first-order valence-electron chi connectivity index (χ1n) is 9.41. The van der Waals surface area contributed by atoms with Crippen molar-refractivity contribution in [2.45, 2.75) is 37.6 Å². The average molecular weight is 404 g/mol. The lowest BCUT2D eigenvalue weighted by Crippen LogP contribution is -2.40. The van der Waals surface area contributed by atoms with Crippen molar-refractivity contribution in [3.05, 3.63) is 60.2 Å². The zero-order chi connectivity index (χ0) is 20.5. The summed E-state index contributed by atoms with van der Waals surface area (Å²) >= 11 is 0. The van der Waals surface area contributed by atoms with Gasteiger partial charge in [0, 0.05) is 24.8 Å². The standard InChI is InChI=1S/C21H29N3O3S/c1-16(2)15-24(28(27)20-10-8-18(22)9-11-20)13-12-19(23-21(25)26)14-17-6-4-3-5-7-17/h3-11,16,19,23H,12-15,22H2,1-2H3,(H,25,26)/t19-,28?/m1/s1. The van der Waals surface area contributed by atoms with Gasteiger partial charge in [-0.05, 0) is 48.6 Å². The lowest BCUT2D eigenvalue weighted by Gasteiger charge is -2.26. The largest absolute Gasteiger partial charge is 0.465 e. The molecule has 0 saturated carbocycles. The van der Waals surface area contributed by atoms with Crippen molar-refractivity contribution in [2.24, 2.45) is 5.92 Å². The molecule has 7 heteroatoms. The number of nitrogens with zero attached hydrogens (tertiary/aromatic N) is 1. The number of nitrogen functional groups attached to an aromatic ring is 1. The van der Waals surface area contributed by atoms with Crippen molar-refractivity contribution >= 4 is 22.8 Å². The van der Waals surface area contributed by atoms with Crippen LogP contribution in [-0.2, 0) is 17.4 Å². The van der Waals surface area contributed by atoms with Gasteiger partial charge in [0.2, 0.25) is 0 Å². The van der Waals surface area contributed by atoms with E-state index in [1.165, 1.54) is 0 Å². The number of rotatable bonds is 10. The van der Waals surface area contributed by atoms with Crippen LogP contribution in [0, 0.1) is 5.92 Å². The normalized spacial score (nSPS) is 13.4. The third-order valence-corrected chi connectivity index (χ3v) is 5.74. The van der Waals surface area contributed by atoms with E-state index in [2.05, 4.69) is 19.2 Å². The lowest BCUT2D eigenvalue weighted by molar-refractivity contribution is 0.188. The molecule has 6 nitrogen and oxygen atoms in total. The Morgan fingerprint density at radius 3 is 2.36 bits per heavy atom. The third-order valence-electron chi connectivity index (χ3n) is 4.26. The number of hydrogen-bond acceptors (Lipinski definition) is 3. The van der Waals surface area contributed by atoms with Gasteiger partial charge in [-0.25, -0.2) is 13.3 Å². The van der Waals surface area contributed by atoms with Gasteiger partial charge in [-0.2, -0.15) is 0 Å². The minimum atomic E-state index is -1.32. The van der Waals surface area contributed by atoms with Gasteiger partial charge in [0.05, 0.1) is 4.90 Å². The maximum absolute atomic E-state index is 13.0. The molecule has 0 aliphatic heterocycles. The van der Waals surface area contributed by atoms with Gasteiger partial charge in [-0.3, -0.25) is 0 Å². The fourth-order valence-electron chi connectivity index (χ4n) is 2.98. The van der Waals surface area contributed by atoms with Crippen molar-refractivity contribution < 1.29 is 14.1 Å². The molecular formula is C21H29N3O3S. The highest BCUT2D eigenvalue weighted by atomic mass is 32.2. The Balaban J connectivity index is 2.08. The summed E-state index contributed by atoms with van der Waals surface area (Å²) in [5.74, 6) is 0.331. The Morgan fingerprint density at radius 2 is 1.79 bits per heavy atom. The molecule has 0 saturated heterocycles. The quantitative estimate of drug-likeness (QED) is 0.529. The van der Waals surface area contributed by atoms with E-state index in [9.17, 15) is 14.1 Å². The van der Waals surface area contributed by atoms with E-state index in [1.54, 1.807) is 24.3 Å². The molecule has 0 radical (unpaired) electrons. The maximum Gasteiger partial charge on any atom is 0.404 e. The van der Waals surface area contributed by atoms with Gasteiger partial charge in [-0.1, -0.05) is 44.2 Å². The minimum Gasteiger partial charge on any atom is -0.465 e. The van der Waals surface area contributed by atoms with Gasteiger partial charge in [0.1, 0.15) is 11.0 Å². The highest BCUT2D eigenvalue weighted by Gasteiger charge is 2.20. The lowest BCUT2D eigenvalue weighted by atomic mass is 10.0. The zero-order valence-electron chi connectivity index (χ0n) is 16.4. The van der Waals surface area contributed by atoms with Crippen LogP contribution in [0.15, 0.2) is 59.5 Å². The molecule has 2 rings (SSSR count). The predicted molar refractivity (Wildman–Crippen MR) is 113 cm³/mol. The molecule has 0 aliphatic carbocycles. The Hall–Kier alpha value is -2.38. The van der Waals surface area contributed by atoms with E-state index in [0.29, 0.717) is 42.4 Å². The zero-order valence-corrected chi connectivity index (χ0v) is 17.2. The number of carbonyl (C=O) groups is 1. The van der Waals surface area contributed by atoms with E-state index < -0.39 is 17.1 Å². The van der Waals surface area contributed by atoms with Crippen molar-refractivity contribution in [3.63, 3.8) is 0 Å². The van der Waals surface area contributed by atoms with Crippen LogP contribution in [0.1, 0.15) is 25.8 Å². The first-order chi connectivity index (χ1) is 13.3. The summed E-state index contributed by atoms with van der Waals surface area (Å²) in [5.41, 5.74) is 7.42. The summed E-state index contributed by atoms with van der Waals surface area (Å²) in [5, 5.41) is 11.8. The Labute approximate surface area is 169 Å². The molecular weight excluding hydrogens is 374 g/mol. The summed E-state index contributed by atoms with van der Waals surface area (Å²) in [6.07, 6.45) is 0.113. The van der Waals surface area contributed by atoms with E-state index in [4.69, 9.17) is 5.73 Å². The first kappa shape index (κ1) is 21.9. The number of carboxylic acid groups (broad SMARTS) is 1. The number of hydrogen-bond donors (Lipinski definition) is 3. The summed E-state index contributed by atoms with van der Waals surface area (Å²) in [6.45, 7) is 5.32. The molecule has 0 bridgehead atoms. The molecule has 0 heterocycles. The summed E-state index contributed by atoms with van der Waals surface area (Å²) in [6, 6.07) is 16.6. The molecule has 0 fully saturated rings. The van der Waals surface area contributed by atoms with Crippen LogP contribution in [0.5, 0.6) is 0 Å². The van der Waals surface area contributed by atoms with Crippen molar-refractivity contribution in [2.75, 3.05) is 18.8 Å². The topological polar surface area (TPSA) is 95.7 Å². The summed E-state index contributed by atoms with van der Waals surface area (Å²) in [7, 11) is -1.32. The second-order valence-electron chi connectivity index (χ2n) is 7.22. The van der Waals surface area contributed by atoms with Crippen LogP contribution in [0.4, 0.5) is 10.5 Å². The fraction of sp³-hybridized carbons (Fsp3) is 0.381. The molecule has 28 heavy (non-hydrogen) atoms. The highest BCUT2D eigenvalue weighted by Crippen LogP contribution is 2.16. The Morgan fingerprint density at radius 1 is 1.14 bits per heavy atom. The Bertz CT molecular complexity index is 766. The highest BCUT2D eigenvalue weighted by molar-refractivity contribution is 7.82. The van der Waals surface area contributed by atoms with Crippen LogP contribution in [0.2, 0.25) is 0 Å². The van der Waals surface area contributed by atoms with Gasteiger partial charge >= 0.3 is 6.09 Å². The van der Waals surface area contributed by atoms with Crippen LogP contribution in [0.25, 0.3) is 0 Å². The van der Waals surface area contributed by atoms with Gasteiger partial charge in [-0.15, -0.1) is 0 Å². The minimum absolute atomic E-state index is 0.252. The number of anilines is 1. The molecule has 2 aromatic carbocycles. The van der Waals surface area contributed by atoms with E-state index in [-0.39, 0.29) is 6.04 Å². The summed E-state index contributed by atoms with van der Waals surface area (Å²) < 4.78 is 14.9. The number of nitrogens with one attached hydrogen (secondary N) is 1. The van der Waals surface area contributed by atoms with Crippen LogP contribution in [0.3, 0.4) is 0 Å². The third kappa shape index (κ3) is 7.32. The molecule has 0 spiro atoms. The number of nitrogens with two attached hydrogens (primary N) is 1. The summed E-state index contributed by atoms with van der Waals surface area (Å²) in [4.78, 5) is 11.9. The predicted octanol–water partition coefficient (Wildman–Crippen LogP) is 3.52. The van der Waals surface area contributed by atoms with Gasteiger partial charge < -0.3 is 16.2 Å². The van der Waals surface area contributed by atoms with E-state index in [0.717, 1.165) is 5.56 Å². The fourth-order valence-corrected chi connectivity index (χ4v) is 4.35. The van der Waals surface area contributed by atoms with E-state index in [1.807, 2.05) is 34.6 Å². The van der Waals surface area contributed by atoms with E-state index >= 15 is 0 Å². The molecule has 0 aliphatic rings. The Kier molecular flexibility index (Phi) is 8.47. The van der Waals surface area contributed by atoms with Gasteiger partial charge in [0.25, 0.3) is 0 Å². The average Bonchev–Trinajstić information content (AvgIpc) is 2.65. The van der Waals surface area contributed by atoms with Crippen molar-refractivity contribution in [1.82, 2.24) is 9.62 Å². The SMILES string of the molecule is CC(C)CN(CC[C@H](Cc1ccccc1)NC(=O)O)S(=O)c1ccc(N)cc1. The smallest absolute Gasteiger partial charge is 0.404 e. The van der Waals surface area contributed by atoms with Crippen molar-refractivity contribution in [1.29, 1.82) is 0 Å². The second kappa shape index (κ2) is 10.8.